The number of anilines is 1. The highest BCUT2D eigenvalue weighted by atomic mass is 16.3. The van der Waals surface area contributed by atoms with Crippen molar-refractivity contribution in [1.29, 1.82) is 0 Å². The number of urea groups is 1. The number of aliphatic hydroxyl groups is 1. The van der Waals surface area contributed by atoms with Gasteiger partial charge in [-0.25, -0.2) is 9.48 Å². The Morgan fingerprint density at radius 1 is 1.15 bits per heavy atom. The molecule has 4 N–H and O–H groups in total. The molecule has 2 aromatic heterocycles. The molecule has 1 atom stereocenters. The Balaban J connectivity index is 0.000000167. The average molecular weight is 457 g/mol. The van der Waals surface area contributed by atoms with Gasteiger partial charge in [-0.3, -0.25) is 10.00 Å². The molecule has 1 saturated carbocycles. The van der Waals surface area contributed by atoms with Crippen molar-refractivity contribution in [2.45, 2.75) is 37.7 Å². The van der Waals surface area contributed by atoms with Gasteiger partial charge < -0.3 is 10.8 Å². The van der Waals surface area contributed by atoms with Crippen LogP contribution in [0.4, 0.5) is 10.6 Å². The van der Waals surface area contributed by atoms with Gasteiger partial charge in [-0.05, 0) is 49.4 Å². The molecule has 4 aromatic rings. The van der Waals surface area contributed by atoms with Gasteiger partial charge in [0.15, 0.2) is 0 Å². The molecule has 174 valence electrons. The number of carbonyl (C=O) groups excluding carboxylic acids is 1. The lowest BCUT2D eigenvalue weighted by Crippen LogP contribution is -2.21. The Kier molecular flexibility index (Phi) is 5.45. The maximum atomic E-state index is 11.3. The van der Waals surface area contributed by atoms with Gasteiger partial charge in [0.1, 0.15) is 11.5 Å². The second kappa shape index (κ2) is 8.46. The molecule has 34 heavy (non-hydrogen) atoms. The molecule has 8 nitrogen and oxygen atoms in total. The summed E-state index contributed by atoms with van der Waals surface area (Å²) in [5, 5.41) is 21.3. The number of hydrogen-bond acceptors (Lipinski definition) is 4. The van der Waals surface area contributed by atoms with Crippen LogP contribution in [0, 0.1) is 6.92 Å². The van der Waals surface area contributed by atoms with E-state index in [4.69, 9.17) is 5.73 Å². The minimum absolute atomic E-state index is 0.102. The molecule has 2 aromatic carbocycles. The summed E-state index contributed by atoms with van der Waals surface area (Å²) in [7, 11) is 1.84. The van der Waals surface area contributed by atoms with Crippen molar-refractivity contribution in [3.05, 3.63) is 83.7 Å². The van der Waals surface area contributed by atoms with Crippen LogP contribution in [-0.2, 0) is 18.9 Å². The smallest absolute Gasteiger partial charge is 0.317 e. The number of nitrogens with zero attached hydrogens (tertiary/aromatic N) is 4. The zero-order valence-electron chi connectivity index (χ0n) is 19.3. The first kappa shape index (κ1) is 21.9. The number of carbonyl (C=O) groups is 1. The summed E-state index contributed by atoms with van der Waals surface area (Å²) in [5.74, 6) is 0.553. The van der Waals surface area contributed by atoms with E-state index < -0.39 is 6.03 Å². The largest absolute Gasteiger partial charge is 0.392 e. The van der Waals surface area contributed by atoms with Crippen LogP contribution < -0.4 is 11.1 Å². The van der Waals surface area contributed by atoms with Crippen molar-refractivity contribution in [1.82, 2.24) is 19.6 Å². The first-order valence-electron chi connectivity index (χ1n) is 11.4. The Labute approximate surface area is 198 Å². The van der Waals surface area contributed by atoms with Crippen molar-refractivity contribution in [2.75, 3.05) is 5.32 Å². The zero-order valence-corrected chi connectivity index (χ0v) is 19.3. The van der Waals surface area contributed by atoms with E-state index in [1.165, 1.54) is 24.0 Å². The van der Waals surface area contributed by atoms with Crippen LogP contribution in [0.2, 0.25) is 0 Å². The van der Waals surface area contributed by atoms with Crippen molar-refractivity contribution >= 4 is 11.8 Å². The van der Waals surface area contributed by atoms with Crippen LogP contribution in [0.25, 0.3) is 16.9 Å². The molecule has 2 heterocycles. The first-order chi connectivity index (χ1) is 16.4. The van der Waals surface area contributed by atoms with E-state index in [1.54, 1.807) is 15.6 Å². The van der Waals surface area contributed by atoms with Gasteiger partial charge in [0.2, 0.25) is 0 Å². The third-order valence-corrected chi connectivity index (χ3v) is 6.74. The van der Waals surface area contributed by atoms with Crippen LogP contribution in [0.3, 0.4) is 0 Å². The molecule has 2 aliphatic carbocycles. The molecule has 1 spiro atoms. The van der Waals surface area contributed by atoms with E-state index in [2.05, 4.69) is 39.8 Å². The predicted molar refractivity (Wildman–Crippen MR) is 131 cm³/mol. The molecular formula is C26H28N6O2. The van der Waals surface area contributed by atoms with Crippen LogP contribution in [-0.4, -0.2) is 36.8 Å². The number of nitrogens with one attached hydrogen (secondary N) is 1. The number of aliphatic hydroxyl groups excluding tert-OH is 1. The van der Waals surface area contributed by atoms with Crippen molar-refractivity contribution in [3.63, 3.8) is 0 Å². The summed E-state index contributed by atoms with van der Waals surface area (Å²) < 4.78 is 3.37. The molecule has 0 bridgehead atoms. The standard InChI is InChI=1S/C15H16N6O.C11H12O/c1-10-13(11-8-17-20(2)9-11)19-21(14(10)18-15(16)22)12-6-4-3-5-7-12;12-10-7-8-3-1-2-4-9(8)11(10)5-6-11/h3-9H,1-2H3,(H3,16,18,22);1-4,10,12H,5-7H2. The molecule has 0 saturated heterocycles. The van der Waals surface area contributed by atoms with Crippen LogP contribution >= 0.6 is 0 Å². The van der Waals surface area contributed by atoms with E-state index in [0.717, 1.165) is 28.9 Å². The molecular weight excluding hydrogens is 428 g/mol. The predicted octanol–water partition coefficient (Wildman–Crippen LogP) is 3.71. The Morgan fingerprint density at radius 3 is 2.50 bits per heavy atom. The number of aromatic nitrogens is 4. The fourth-order valence-electron chi connectivity index (χ4n) is 4.84. The lowest BCUT2D eigenvalue weighted by molar-refractivity contribution is 0.146. The lowest BCUT2D eigenvalue weighted by Gasteiger charge is -2.12. The highest BCUT2D eigenvalue weighted by Gasteiger charge is 2.54. The van der Waals surface area contributed by atoms with E-state index in [1.807, 2.05) is 50.5 Å². The monoisotopic (exact) mass is 456 g/mol. The van der Waals surface area contributed by atoms with Gasteiger partial charge in [-0.2, -0.15) is 10.2 Å². The van der Waals surface area contributed by atoms with Crippen molar-refractivity contribution < 1.29 is 9.90 Å². The molecule has 0 aliphatic heterocycles. The number of aryl methyl sites for hydroxylation is 1. The number of para-hydroxylation sites is 1. The molecule has 1 unspecified atom stereocenters. The number of rotatable bonds is 3. The van der Waals surface area contributed by atoms with E-state index in [9.17, 15) is 9.90 Å². The Hall–Kier alpha value is -3.91. The minimum Gasteiger partial charge on any atom is -0.392 e. The second-order valence-corrected chi connectivity index (χ2v) is 8.99. The zero-order chi connectivity index (χ0) is 23.9. The van der Waals surface area contributed by atoms with Crippen LogP contribution in [0.1, 0.15) is 29.5 Å². The first-order valence-corrected chi connectivity index (χ1v) is 11.4. The van der Waals surface area contributed by atoms with E-state index in [0.29, 0.717) is 5.82 Å². The Morgan fingerprint density at radius 2 is 1.85 bits per heavy atom. The summed E-state index contributed by atoms with van der Waals surface area (Å²) in [5.41, 5.74) is 11.5. The summed E-state index contributed by atoms with van der Waals surface area (Å²) in [4.78, 5) is 11.3. The topological polar surface area (TPSA) is 111 Å². The SMILES string of the molecule is Cc1c(-c2cnn(C)c2)nn(-c2ccccc2)c1NC(N)=O.OC1Cc2ccccc2C12CC2. The van der Waals surface area contributed by atoms with Gasteiger partial charge in [0.25, 0.3) is 0 Å². The summed E-state index contributed by atoms with van der Waals surface area (Å²) in [6.07, 6.45) is 6.75. The quantitative estimate of drug-likeness (QED) is 0.436. The maximum Gasteiger partial charge on any atom is 0.317 e. The highest BCUT2D eigenvalue weighted by molar-refractivity contribution is 5.89. The fourth-order valence-corrected chi connectivity index (χ4v) is 4.84. The van der Waals surface area contributed by atoms with E-state index >= 15 is 0 Å². The number of fused-ring (bicyclic) bond motifs is 2. The van der Waals surface area contributed by atoms with Gasteiger partial charge in [-0.1, -0.05) is 42.5 Å². The number of amides is 2. The third-order valence-electron chi connectivity index (χ3n) is 6.74. The molecule has 2 aliphatic rings. The van der Waals surface area contributed by atoms with E-state index in [-0.39, 0.29) is 11.5 Å². The molecule has 1 fully saturated rings. The summed E-state index contributed by atoms with van der Waals surface area (Å²) in [6, 6.07) is 17.4. The van der Waals surface area contributed by atoms with Crippen LogP contribution in [0.15, 0.2) is 67.0 Å². The van der Waals surface area contributed by atoms with Gasteiger partial charge >= 0.3 is 6.03 Å². The highest BCUT2D eigenvalue weighted by Crippen LogP contribution is 2.56. The molecule has 0 radical (unpaired) electrons. The van der Waals surface area contributed by atoms with Crippen LogP contribution in [0.5, 0.6) is 0 Å². The lowest BCUT2D eigenvalue weighted by atomic mass is 9.97. The normalized spacial score (nSPS) is 17.1. The maximum absolute atomic E-state index is 11.3. The molecule has 6 rings (SSSR count). The molecule has 8 heteroatoms. The number of hydrogen-bond donors (Lipinski definition) is 3. The number of primary amides is 1. The fraction of sp³-hybridized carbons (Fsp3) is 0.269. The second-order valence-electron chi connectivity index (χ2n) is 8.99. The number of nitrogens with two attached hydrogens (primary N) is 1. The van der Waals surface area contributed by atoms with Crippen molar-refractivity contribution in [2.24, 2.45) is 12.8 Å². The Bertz CT molecular complexity index is 1340. The van der Waals surface area contributed by atoms with Gasteiger partial charge in [0, 0.05) is 29.8 Å². The average Bonchev–Trinajstić information content (AvgIpc) is 3.33. The van der Waals surface area contributed by atoms with Crippen molar-refractivity contribution in [3.8, 4) is 16.9 Å². The van der Waals surface area contributed by atoms with Gasteiger partial charge in [0.05, 0.1) is 18.0 Å². The minimum atomic E-state index is -0.627. The van der Waals surface area contributed by atoms with Gasteiger partial charge in [-0.15, -0.1) is 0 Å². The third kappa shape index (κ3) is 3.86. The summed E-state index contributed by atoms with van der Waals surface area (Å²) >= 11 is 0. The molecule has 2 amide bonds. The summed E-state index contributed by atoms with van der Waals surface area (Å²) in [6.45, 7) is 1.89. The number of benzene rings is 2.